The zero-order valence-corrected chi connectivity index (χ0v) is 12.7. The first-order valence-corrected chi connectivity index (χ1v) is 7.14. The molecule has 20 heavy (non-hydrogen) atoms. The van der Waals surface area contributed by atoms with Crippen molar-refractivity contribution < 1.29 is 4.79 Å². The second-order valence-electron chi connectivity index (χ2n) is 4.41. The molecule has 5 heteroatoms. The molecule has 0 radical (unpaired) electrons. The number of amides is 1. The lowest BCUT2D eigenvalue weighted by Gasteiger charge is -2.14. The van der Waals surface area contributed by atoms with Crippen LogP contribution in [0.3, 0.4) is 0 Å². The number of carbonyl (C=O) groups is 1. The summed E-state index contributed by atoms with van der Waals surface area (Å²) in [7, 11) is 0. The van der Waals surface area contributed by atoms with Crippen molar-refractivity contribution in [3.05, 3.63) is 58.8 Å². The Bertz CT molecular complexity index is 574. The molecule has 0 bridgehead atoms. The van der Waals surface area contributed by atoms with E-state index in [-0.39, 0.29) is 18.5 Å². The van der Waals surface area contributed by atoms with Crippen molar-refractivity contribution in [1.82, 2.24) is 10.3 Å². The quantitative estimate of drug-likeness (QED) is 0.883. The van der Waals surface area contributed by atoms with Gasteiger partial charge in [0.15, 0.2) is 0 Å². The van der Waals surface area contributed by atoms with Gasteiger partial charge in [0.1, 0.15) is 0 Å². The molecule has 1 aromatic heterocycles. The van der Waals surface area contributed by atoms with Gasteiger partial charge < -0.3 is 10.6 Å². The number of rotatable bonds is 5. The van der Waals surface area contributed by atoms with Gasteiger partial charge in [0.2, 0.25) is 5.91 Å². The standard InChI is InChI=1S/C15H16BrN3O/c1-11(12-6-8-17-9-7-12)18-10-15(20)19-14-5-3-2-4-13(14)16/h2-9,11,18H,10H2,1H3,(H,19,20). The molecule has 1 unspecified atom stereocenters. The molecule has 2 aromatic rings. The van der Waals surface area contributed by atoms with Crippen molar-refractivity contribution in [1.29, 1.82) is 0 Å². The Morgan fingerprint density at radius 3 is 2.65 bits per heavy atom. The van der Waals surface area contributed by atoms with Crippen molar-refractivity contribution in [3.63, 3.8) is 0 Å². The van der Waals surface area contributed by atoms with Crippen LogP contribution in [0.25, 0.3) is 0 Å². The summed E-state index contributed by atoms with van der Waals surface area (Å²) in [6, 6.07) is 11.5. The van der Waals surface area contributed by atoms with Crippen LogP contribution in [-0.2, 0) is 4.79 Å². The molecule has 0 fully saturated rings. The van der Waals surface area contributed by atoms with Crippen molar-refractivity contribution >= 4 is 27.5 Å². The van der Waals surface area contributed by atoms with E-state index in [9.17, 15) is 4.79 Å². The predicted molar refractivity (Wildman–Crippen MR) is 83.4 cm³/mol. The van der Waals surface area contributed by atoms with Crippen LogP contribution in [-0.4, -0.2) is 17.4 Å². The minimum absolute atomic E-state index is 0.0715. The highest BCUT2D eigenvalue weighted by Crippen LogP contribution is 2.20. The number of hydrogen-bond acceptors (Lipinski definition) is 3. The number of hydrogen-bond donors (Lipinski definition) is 2. The number of nitrogens with zero attached hydrogens (tertiary/aromatic N) is 1. The van der Waals surface area contributed by atoms with E-state index in [1.165, 1.54) is 0 Å². The van der Waals surface area contributed by atoms with Crippen LogP contribution in [0.15, 0.2) is 53.3 Å². The Labute approximate surface area is 126 Å². The number of nitrogens with one attached hydrogen (secondary N) is 2. The number of aromatic nitrogens is 1. The highest BCUT2D eigenvalue weighted by Gasteiger charge is 2.08. The minimum atomic E-state index is -0.0715. The maximum atomic E-state index is 11.9. The van der Waals surface area contributed by atoms with E-state index in [0.29, 0.717) is 0 Å². The molecule has 0 saturated heterocycles. The van der Waals surface area contributed by atoms with E-state index in [1.807, 2.05) is 43.3 Å². The number of halogens is 1. The van der Waals surface area contributed by atoms with Crippen molar-refractivity contribution in [2.75, 3.05) is 11.9 Å². The first-order chi connectivity index (χ1) is 9.66. The van der Waals surface area contributed by atoms with Crippen LogP contribution in [0.4, 0.5) is 5.69 Å². The number of anilines is 1. The van der Waals surface area contributed by atoms with Crippen LogP contribution in [0.2, 0.25) is 0 Å². The molecule has 2 N–H and O–H groups in total. The average molecular weight is 334 g/mol. The lowest BCUT2D eigenvalue weighted by Crippen LogP contribution is -2.30. The molecular formula is C15H16BrN3O. The van der Waals surface area contributed by atoms with E-state index >= 15 is 0 Å². The summed E-state index contributed by atoms with van der Waals surface area (Å²) in [5, 5.41) is 6.04. The van der Waals surface area contributed by atoms with Crippen molar-refractivity contribution in [2.45, 2.75) is 13.0 Å². The molecule has 0 spiro atoms. The van der Waals surface area contributed by atoms with Gasteiger partial charge in [-0.25, -0.2) is 0 Å². The molecular weight excluding hydrogens is 318 g/mol. The summed E-state index contributed by atoms with van der Waals surface area (Å²) in [4.78, 5) is 15.9. The summed E-state index contributed by atoms with van der Waals surface area (Å²) < 4.78 is 0.871. The van der Waals surface area contributed by atoms with Crippen LogP contribution >= 0.6 is 15.9 Å². The normalized spacial score (nSPS) is 11.9. The Morgan fingerprint density at radius 2 is 1.95 bits per heavy atom. The SMILES string of the molecule is CC(NCC(=O)Nc1ccccc1Br)c1ccncc1. The van der Waals surface area contributed by atoms with Crippen LogP contribution < -0.4 is 10.6 Å². The summed E-state index contributed by atoms with van der Waals surface area (Å²) in [6.45, 7) is 2.27. The van der Waals surface area contributed by atoms with E-state index in [4.69, 9.17) is 0 Å². The Balaban J connectivity index is 1.85. The summed E-state index contributed by atoms with van der Waals surface area (Å²) >= 11 is 3.40. The number of pyridine rings is 1. The lowest BCUT2D eigenvalue weighted by atomic mass is 10.1. The topological polar surface area (TPSA) is 54.0 Å². The maximum absolute atomic E-state index is 11.9. The smallest absolute Gasteiger partial charge is 0.238 e. The minimum Gasteiger partial charge on any atom is -0.324 e. The molecule has 1 aromatic carbocycles. The van der Waals surface area contributed by atoms with Crippen LogP contribution in [0, 0.1) is 0 Å². The van der Waals surface area contributed by atoms with Gasteiger partial charge in [-0.1, -0.05) is 12.1 Å². The van der Waals surface area contributed by atoms with Gasteiger partial charge in [-0.05, 0) is 52.7 Å². The third-order valence-corrected chi connectivity index (χ3v) is 3.61. The monoisotopic (exact) mass is 333 g/mol. The second-order valence-corrected chi connectivity index (χ2v) is 5.27. The molecule has 0 saturated carbocycles. The number of para-hydroxylation sites is 1. The fourth-order valence-electron chi connectivity index (χ4n) is 1.77. The molecule has 1 atom stereocenters. The molecule has 1 amide bonds. The Hall–Kier alpha value is -1.72. The van der Waals surface area contributed by atoms with Gasteiger partial charge in [-0.15, -0.1) is 0 Å². The van der Waals surface area contributed by atoms with Gasteiger partial charge >= 0.3 is 0 Å². The predicted octanol–water partition coefficient (Wildman–Crippen LogP) is 3.13. The highest BCUT2D eigenvalue weighted by atomic mass is 79.9. The fourth-order valence-corrected chi connectivity index (χ4v) is 2.16. The summed E-state index contributed by atoms with van der Waals surface area (Å²) in [6.07, 6.45) is 3.49. The molecule has 0 aliphatic carbocycles. The van der Waals surface area contributed by atoms with Gasteiger partial charge in [0.05, 0.1) is 12.2 Å². The molecule has 0 aliphatic heterocycles. The summed E-state index contributed by atoms with van der Waals surface area (Å²) in [5.74, 6) is -0.0715. The largest absolute Gasteiger partial charge is 0.324 e. The van der Waals surface area contributed by atoms with Gasteiger partial charge in [-0.2, -0.15) is 0 Å². The summed E-state index contributed by atoms with van der Waals surface area (Å²) in [5.41, 5.74) is 1.88. The Morgan fingerprint density at radius 1 is 1.25 bits per heavy atom. The van der Waals surface area contributed by atoms with E-state index in [0.717, 1.165) is 15.7 Å². The molecule has 1 heterocycles. The molecule has 104 valence electrons. The van der Waals surface area contributed by atoms with Gasteiger partial charge in [0, 0.05) is 22.9 Å². The van der Waals surface area contributed by atoms with Crippen LogP contribution in [0.5, 0.6) is 0 Å². The third kappa shape index (κ3) is 4.15. The van der Waals surface area contributed by atoms with Gasteiger partial charge in [0.25, 0.3) is 0 Å². The second kappa shape index (κ2) is 7.17. The first-order valence-electron chi connectivity index (χ1n) is 6.34. The van der Waals surface area contributed by atoms with Crippen molar-refractivity contribution in [2.24, 2.45) is 0 Å². The highest BCUT2D eigenvalue weighted by molar-refractivity contribution is 9.10. The van der Waals surface area contributed by atoms with E-state index in [2.05, 4.69) is 31.5 Å². The zero-order valence-electron chi connectivity index (χ0n) is 11.1. The molecule has 0 aliphatic rings. The van der Waals surface area contributed by atoms with E-state index in [1.54, 1.807) is 12.4 Å². The average Bonchev–Trinajstić information content (AvgIpc) is 2.48. The maximum Gasteiger partial charge on any atom is 0.238 e. The fraction of sp³-hybridized carbons (Fsp3) is 0.200. The first kappa shape index (κ1) is 14.7. The lowest BCUT2D eigenvalue weighted by molar-refractivity contribution is -0.115. The van der Waals surface area contributed by atoms with Gasteiger partial charge in [-0.3, -0.25) is 9.78 Å². The third-order valence-electron chi connectivity index (χ3n) is 2.92. The van der Waals surface area contributed by atoms with E-state index < -0.39 is 0 Å². The Kier molecular flexibility index (Phi) is 5.26. The molecule has 2 rings (SSSR count). The number of benzene rings is 1. The van der Waals surface area contributed by atoms with Crippen LogP contribution in [0.1, 0.15) is 18.5 Å². The zero-order chi connectivity index (χ0) is 14.4. The molecule has 4 nitrogen and oxygen atoms in total. The number of carbonyl (C=O) groups excluding carboxylic acids is 1. The van der Waals surface area contributed by atoms with Crippen molar-refractivity contribution in [3.8, 4) is 0 Å².